The molecular weight excluding hydrogens is 308 g/mol. The highest BCUT2D eigenvalue weighted by atomic mass is 28.4. The predicted molar refractivity (Wildman–Crippen MR) is 101 cm³/mol. The quantitative estimate of drug-likeness (QED) is 0.380. The highest BCUT2D eigenvalue weighted by Crippen LogP contribution is 2.41. The summed E-state index contributed by atoms with van der Waals surface area (Å²) in [7, 11) is -4.02. The van der Waals surface area contributed by atoms with Crippen LogP contribution in [0.2, 0.25) is 23.3 Å². The summed E-state index contributed by atoms with van der Waals surface area (Å²) >= 11 is 0. The van der Waals surface area contributed by atoms with Gasteiger partial charge in [-0.3, -0.25) is 0 Å². The van der Waals surface area contributed by atoms with Gasteiger partial charge in [0.1, 0.15) is 0 Å². The summed E-state index contributed by atoms with van der Waals surface area (Å²) in [4.78, 5) is 0. The Hall–Kier alpha value is 0.314. The normalized spacial score (nSPS) is 14.3. The summed E-state index contributed by atoms with van der Waals surface area (Å²) in [5.74, 6) is 0. The summed E-state index contributed by atoms with van der Waals surface area (Å²) in [6, 6.07) is 3.34. The molecule has 1 atom stereocenters. The molecular formula is C17H40O3Si2. The number of hydrogen-bond acceptors (Lipinski definition) is 3. The summed E-state index contributed by atoms with van der Waals surface area (Å²) < 4.78 is 19.4. The SMILES string of the molecule is CCCO[Si](CC)(CC)C(C)[Si](CC)(OCCC)OCCC. The average molecular weight is 349 g/mol. The van der Waals surface area contributed by atoms with Crippen LogP contribution in [0.15, 0.2) is 0 Å². The third-order valence-corrected chi connectivity index (χ3v) is 16.2. The Kier molecular flexibility index (Phi) is 12.0. The Morgan fingerprint density at radius 3 is 1.36 bits per heavy atom. The smallest absolute Gasteiger partial charge is 0.340 e. The molecule has 0 fully saturated rings. The molecule has 0 N–H and O–H groups in total. The van der Waals surface area contributed by atoms with E-state index in [4.69, 9.17) is 13.3 Å². The Bertz CT molecular complexity index is 263. The molecule has 22 heavy (non-hydrogen) atoms. The molecule has 0 aliphatic rings. The summed E-state index contributed by atoms with van der Waals surface area (Å²) in [6.45, 7) is 18.3. The first kappa shape index (κ1) is 22.3. The maximum Gasteiger partial charge on any atom is 0.340 e. The highest BCUT2D eigenvalue weighted by molar-refractivity contribution is 6.91. The minimum absolute atomic E-state index is 0.477. The van der Waals surface area contributed by atoms with Gasteiger partial charge in [-0.05, 0) is 37.4 Å². The van der Waals surface area contributed by atoms with Crippen molar-refractivity contribution >= 4 is 16.9 Å². The molecule has 0 aromatic carbocycles. The molecule has 0 rings (SSSR count). The van der Waals surface area contributed by atoms with Gasteiger partial charge in [-0.15, -0.1) is 0 Å². The van der Waals surface area contributed by atoms with E-state index < -0.39 is 16.9 Å². The molecule has 3 nitrogen and oxygen atoms in total. The van der Waals surface area contributed by atoms with Crippen molar-refractivity contribution in [3.05, 3.63) is 0 Å². The maximum atomic E-state index is 6.52. The number of rotatable bonds is 14. The third-order valence-electron chi connectivity index (χ3n) is 4.83. The zero-order valence-corrected chi connectivity index (χ0v) is 18.2. The van der Waals surface area contributed by atoms with E-state index in [1.165, 1.54) is 0 Å². The molecule has 0 radical (unpaired) electrons. The molecule has 1 unspecified atom stereocenters. The second kappa shape index (κ2) is 11.8. The first-order valence-electron chi connectivity index (χ1n) is 9.44. The van der Waals surface area contributed by atoms with Crippen LogP contribution in [-0.4, -0.2) is 36.7 Å². The molecule has 5 heteroatoms. The second-order valence-electron chi connectivity index (χ2n) is 6.20. The molecule has 0 aromatic heterocycles. The van der Waals surface area contributed by atoms with Gasteiger partial charge in [0, 0.05) is 25.0 Å². The van der Waals surface area contributed by atoms with Crippen molar-refractivity contribution in [3.8, 4) is 0 Å². The van der Waals surface area contributed by atoms with E-state index in [1.807, 2.05) is 0 Å². The van der Waals surface area contributed by atoms with E-state index >= 15 is 0 Å². The first-order valence-corrected chi connectivity index (χ1v) is 13.9. The summed E-state index contributed by atoms with van der Waals surface area (Å²) in [6.07, 6.45) is 3.20. The Labute approximate surface area is 141 Å². The monoisotopic (exact) mass is 348 g/mol. The fourth-order valence-corrected chi connectivity index (χ4v) is 14.7. The first-order chi connectivity index (χ1) is 10.5. The van der Waals surface area contributed by atoms with Gasteiger partial charge >= 0.3 is 8.56 Å². The standard InChI is InChI=1S/C17H40O3Si2/c1-8-14-18-21(11-4,12-5)17(7)22(13-6,19-15-9-2)20-16-10-3/h17H,8-16H2,1-7H3. The Morgan fingerprint density at radius 1 is 0.636 bits per heavy atom. The number of hydrogen-bond donors (Lipinski definition) is 0. The summed E-state index contributed by atoms with van der Waals surface area (Å²) in [5.41, 5.74) is 0. The largest absolute Gasteiger partial charge is 0.417 e. The van der Waals surface area contributed by atoms with E-state index in [0.717, 1.165) is 57.2 Å². The van der Waals surface area contributed by atoms with Crippen LogP contribution in [0.3, 0.4) is 0 Å². The van der Waals surface area contributed by atoms with Crippen molar-refractivity contribution in [2.75, 3.05) is 19.8 Å². The van der Waals surface area contributed by atoms with Crippen LogP contribution in [0.1, 0.15) is 67.7 Å². The molecule has 0 saturated heterocycles. The fourth-order valence-electron chi connectivity index (χ4n) is 3.25. The Morgan fingerprint density at radius 2 is 1.05 bits per heavy atom. The van der Waals surface area contributed by atoms with Crippen LogP contribution in [0.4, 0.5) is 0 Å². The summed E-state index contributed by atoms with van der Waals surface area (Å²) in [5, 5.41) is 0.477. The minimum Gasteiger partial charge on any atom is -0.417 e. The van der Waals surface area contributed by atoms with Crippen LogP contribution in [-0.2, 0) is 13.3 Å². The molecule has 0 spiro atoms. The van der Waals surface area contributed by atoms with Gasteiger partial charge in [0.2, 0.25) is 0 Å². The maximum absolute atomic E-state index is 6.52. The molecule has 0 heterocycles. The van der Waals surface area contributed by atoms with E-state index in [9.17, 15) is 0 Å². The van der Waals surface area contributed by atoms with Gasteiger partial charge in [-0.1, -0.05) is 48.5 Å². The average Bonchev–Trinajstić information content (AvgIpc) is 2.57. The van der Waals surface area contributed by atoms with Gasteiger partial charge in [-0.2, -0.15) is 0 Å². The van der Waals surface area contributed by atoms with Crippen LogP contribution >= 0.6 is 0 Å². The van der Waals surface area contributed by atoms with Crippen molar-refractivity contribution in [1.29, 1.82) is 0 Å². The minimum atomic E-state index is -2.21. The predicted octanol–water partition coefficient (Wildman–Crippen LogP) is 5.64. The Balaban J connectivity index is 5.43. The lowest BCUT2D eigenvalue weighted by molar-refractivity contribution is 0.161. The molecule has 0 aromatic rings. The van der Waals surface area contributed by atoms with Crippen LogP contribution in [0.5, 0.6) is 0 Å². The van der Waals surface area contributed by atoms with Crippen molar-refractivity contribution in [2.24, 2.45) is 0 Å². The zero-order chi connectivity index (χ0) is 17.1. The highest BCUT2D eigenvalue weighted by Gasteiger charge is 2.53. The van der Waals surface area contributed by atoms with E-state index in [0.29, 0.717) is 5.16 Å². The molecule has 0 bridgehead atoms. The second-order valence-corrected chi connectivity index (χ2v) is 15.3. The van der Waals surface area contributed by atoms with Crippen molar-refractivity contribution in [3.63, 3.8) is 0 Å². The molecule has 0 saturated carbocycles. The van der Waals surface area contributed by atoms with Crippen molar-refractivity contribution in [1.82, 2.24) is 0 Å². The third kappa shape index (κ3) is 5.75. The van der Waals surface area contributed by atoms with Crippen molar-refractivity contribution in [2.45, 2.75) is 91.0 Å². The van der Waals surface area contributed by atoms with E-state index in [1.54, 1.807) is 0 Å². The lowest BCUT2D eigenvalue weighted by atomic mass is 10.5. The lowest BCUT2D eigenvalue weighted by Crippen LogP contribution is -2.58. The molecule has 0 aliphatic carbocycles. The van der Waals surface area contributed by atoms with E-state index in [-0.39, 0.29) is 0 Å². The molecule has 0 aliphatic heterocycles. The lowest BCUT2D eigenvalue weighted by Gasteiger charge is -2.44. The van der Waals surface area contributed by atoms with Crippen LogP contribution < -0.4 is 0 Å². The van der Waals surface area contributed by atoms with Gasteiger partial charge in [0.25, 0.3) is 0 Å². The van der Waals surface area contributed by atoms with Gasteiger partial charge in [0.15, 0.2) is 8.32 Å². The van der Waals surface area contributed by atoms with Crippen LogP contribution in [0.25, 0.3) is 0 Å². The van der Waals surface area contributed by atoms with Gasteiger partial charge < -0.3 is 13.3 Å². The van der Waals surface area contributed by atoms with Gasteiger partial charge in [-0.25, -0.2) is 0 Å². The zero-order valence-electron chi connectivity index (χ0n) is 16.2. The van der Waals surface area contributed by atoms with Crippen LogP contribution in [0, 0.1) is 0 Å². The van der Waals surface area contributed by atoms with E-state index in [2.05, 4.69) is 48.5 Å². The fraction of sp³-hybridized carbons (Fsp3) is 1.00. The molecule has 0 amide bonds. The van der Waals surface area contributed by atoms with Gasteiger partial charge in [0.05, 0.1) is 0 Å². The van der Waals surface area contributed by atoms with Crippen molar-refractivity contribution < 1.29 is 13.3 Å². The molecule has 134 valence electrons. The topological polar surface area (TPSA) is 27.7 Å².